The van der Waals surface area contributed by atoms with Crippen molar-refractivity contribution >= 4 is 74.5 Å². The maximum atomic E-state index is 5.63. The summed E-state index contributed by atoms with van der Waals surface area (Å²) in [7, 11) is 0. The second-order valence-electron chi connectivity index (χ2n) is 16.5. The van der Waals surface area contributed by atoms with E-state index in [4.69, 9.17) is 9.97 Å². The van der Waals surface area contributed by atoms with E-state index in [2.05, 4.69) is 240 Å². The Morgan fingerprint density at radius 1 is 0.333 bits per heavy atom. The number of fused-ring (bicyclic) bond motifs is 9. The zero-order chi connectivity index (χ0) is 41.5. The average Bonchev–Trinajstić information content (AvgIpc) is 3.98. The van der Waals surface area contributed by atoms with Gasteiger partial charge in [0.05, 0.1) is 0 Å². The van der Waals surface area contributed by atoms with E-state index in [0.29, 0.717) is 0 Å². The summed E-state index contributed by atoms with van der Waals surface area (Å²) in [4.78, 5) is 11.1. The molecule has 5 heteroatoms. The van der Waals surface area contributed by atoms with E-state index >= 15 is 0 Å². The zero-order valence-electron chi connectivity index (χ0n) is 34.2. The van der Waals surface area contributed by atoms with Gasteiger partial charge in [-0.05, 0) is 18.2 Å². The molecule has 0 fully saturated rings. The topological polar surface area (TPSA) is 35.6 Å². The number of benzene rings is 9. The Morgan fingerprint density at radius 2 is 0.810 bits per heavy atom. The van der Waals surface area contributed by atoms with Crippen molar-refractivity contribution in [1.29, 1.82) is 0 Å². The first kappa shape index (κ1) is 35.9. The molecule has 0 N–H and O–H groups in total. The molecule has 0 radical (unpaired) electrons. The maximum absolute atomic E-state index is 5.63. The summed E-state index contributed by atoms with van der Waals surface area (Å²) in [5.74, 6) is 0.739. The van der Waals surface area contributed by atoms with E-state index in [1.807, 2.05) is 0 Å². The van der Waals surface area contributed by atoms with Crippen LogP contribution in [0.2, 0.25) is 0 Å². The van der Waals surface area contributed by atoms with Crippen molar-refractivity contribution in [3.63, 3.8) is 0 Å². The molecule has 12 aromatic rings. The van der Waals surface area contributed by atoms with Crippen molar-refractivity contribution in [3.8, 4) is 45.3 Å². The van der Waals surface area contributed by atoms with Gasteiger partial charge in [-0.2, -0.15) is 0 Å². The minimum atomic E-state index is -3.71. The molecular formula is C58H38GeN4. The molecule has 0 amide bonds. The first-order valence-corrected chi connectivity index (χ1v) is 25.8. The minimum absolute atomic E-state index is 0.739. The van der Waals surface area contributed by atoms with Gasteiger partial charge in [0.15, 0.2) is 0 Å². The standard InChI is InChI=1S/C58H38GeN4/c1-5-19-40(20-6-1)58-60-56(55-57(61-58)47-29-13-16-30-50(47)59(55,41-21-7-2-8-22-41)42-23-9-3-10-24-42)39-33-35-44(36-34-39)63-52-32-18-15-28-46(52)49-37-48-45-27-14-17-31-51(45)62(53(48)38-54(49)63)43-25-11-4-12-26-43/h1-38H. The molecule has 13 rings (SSSR count). The van der Waals surface area contributed by atoms with Crippen LogP contribution in [-0.4, -0.2) is 32.4 Å². The first-order valence-electron chi connectivity index (χ1n) is 21.6. The van der Waals surface area contributed by atoms with Crippen molar-refractivity contribution in [2.75, 3.05) is 0 Å². The molecule has 0 saturated heterocycles. The van der Waals surface area contributed by atoms with E-state index in [0.717, 1.165) is 39.7 Å². The fraction of sp³-hybridized carbons (Fsp3) is 0. The van der Waals surface area contributed by atoms with Crippen molar-refractivity contribution < 1.29 is 0 Å². The van der Waals surface area contributed by atoms with Crippen LogP contribution in [0.25, 0.3) is 88.9 Å². The molecule has 63 heavy (non-hydrogen) atoms. The predicted octanol–water partition coefficient (Wildman–Crippen LogP) is 11.4. The number of para-hydroxylation sites is 3. The Kier molecular flexibility index (Phi) is 8.05. The van der Waals surface area contributed by atoms with Crippen molar-refractivity contribution in [3.05, 3.63) is 231 Å². The molecule has 0 saturated carbocycles. The molecule has 0 aliphatic carbocycles. The van der Waals surface area contributed by atoms with Crippen LogP contribution < -0.4 is 17.6 Å². The molecule has 0 unspecified atom stereocenters. The van der Waals surface area contributed by atoms with Crippen LogP contribution in [0.1, 0.15) is 0 Å². The monoisotopic (exact) mass is 864 g/mol. The third-order valence-electron chi connectivity index (χ3n) is 13.2. The van der Waals surface area contributed by atoms with Crippen molar-refractivity contribution in [2.24, 2.45) is 0 Å². The second-order valence-corrected chi connectivity index (χ2v) is 24.2. The fourth-order valence-corrected chi connectivity index (χ4v) is 21.6. The van der Waals surface area contributed by atoms with Gasteiger partial charge in [-0.1, -0.05) is 36.4 Å². The molecule has 1 aliphatic heterocycles. The fourth-order valence-electron chi connectivity index (χ4n) is 10.6. The van der Waals surface area contributed by atoms with Gasteiger partial charge in [-0.15, -0.1) is 0 Å². The van der Waals surface area contributed by atoms with Gasteiger partial charge in [-0.3, -0.25) is 0 Å². The molecule has 0 spiro atoms. The summed E-state index contributed by atoms with van der Waals surface area (Å²) in [6, 6.07) is 84.1. The van der Waals surface area contributed by atoms with Gasteiger partial charge in [0.2, 0.25) is 0 Å². The second kappa shape index (κ2) is 14.1. The summed E-state index contributed by atoms with van der Waals surface area (Å²) in [6.45, 7) is 0. The van der Waals surface area contributed by atoms with Crippen LogP contribution in [-0.2, 0) is 0 Å². The third-order valence-corrected chi connectivity index (χ3v) is 23.4. The Morgan fingerprint density at radius 3 is 1.41 bits per heavy atom. The molecule has 0 bridgehead atoms. The Balaban J connectivity index is 1.07. The summed E-state index contributed by atoms with van der Waals surface area (Å²) >= 11 is -3.71. The summed E-state index contributed by atoms with van der Waals surface area (Å²) in [5.41, 5.74) is 12.3. The summed E-state index contributed by atoms with van der Waals surface area (Å²) < 4.78 is 10.3. The molecule has 4 heterocycles. The Hall–Kier alpha value is -7.80. The summed E-state index contributed by atoms with van der Waals surface area (Å²) in [5, 5.41) is 4.97. The van der Waals surface area contributed by atoms with Crippen LogP contribution in [0.4, 0.5) is 0 Å². The van der Waals surface area contributed by atoms with Crippen LogP contribution >= 0.6 is 0 Å². The molecule has 294 valence electrons. The van der Waals surface area contributed by atoms with Gasteiger partial charge in [0.25, 0.3) is 0 Å². The van der Waals surface area contributed by atoms with Crippen molar-refractivity contribution in [2.45, 2.75) is 0 Å². The number of aromatic nitrogens is 4. The van der Waals surface area contributed by atoms with E-state index in [1.165, 1.54) is 66.8 Å². The number of hydrogen-bond donors (Lipinski definition) is 0. The number of rotatable bonds is 6. The molecule has 9 aromatic carbocycles. The van der Waals surface area contributed by atoms with Crippen LogP contribution in [0.15, 0.2) is 231 Å². The molecular weight excluding hydrogens is 825 g/mol. The molecule has 1 aliphatic rings. The zero-order valence-corrected chi connectivity index (χ0v) is 36.3. The number of nitrogens with zero attached hydrogens (tertiary/aromatic N) is 4. The summed E-state index contributed by atoms with van der Waals surface area (Å²) in [6.07, 6.45) is 0. The van der Waals surface area contributed by atoms with Gasteiger partial charge < -0.3 is 0 Å². The van der Waals surface area contributed by atoms with Gasteiger partial charge in [-0.25, -0.2) is 0 Å². The number of hydrogen-bond acceptors (Lipinski definition) is 2. The van der Waals surface area contributed by atoms with Crippen LogP contribution in [0.3, 0.4) is 0 Å². The molecule has 3 aromatic heterocycles. The third kappa shape index (κ3) is 5.28. The Bertz CT molecular complexity index is 3670. The molecule has 4 nitrogen and oxygen atoms in total. The normalized spacial score (nSPS) is 12.9. The van der Waals surface area contributed by atoms with E-state index in [1.54, 1.807) is 0 Å². The Labute approximate surface area is 367 Å². The molecule has 0 atom stereocenters. The van der Waals surface area contributed by atoms with Crippen molar-refractivity contribution in [1.82, 2.24) is 19.1 Å². The predicted molar refractivity (Wildman–Crippen MR) is 264 cm³/mol. The van der Waals surface area contributed by atoms with E-state index < -0.39 is 13.3 Å². The van der Waals surface area contributed by atoms with Gasteiger partial charge in [0.1, 0.15) is 0 Å². The van der Waals surface area contributed by atoms with Crippen LogP contribution in [0.5, 0.6) is 0 Å². The quantitative estimate of drug-likeness (QED) is 0.156. The van der Waals surface area contributed by atoms with Gasteiger partial charge in [0, 0.05) is 0 Å². The van der Waals surface area contributed by atoms with E-state index in [9.17, 15) is 0 Å². The first-order chi connectivity index (χ1) is 31.3. The van der Waals surface area contributed by atoms with Crippen LogP contribution in [0, 0.1) is 0 Å². The SMILES string of the molecule is c1ccc(-c2nc(-c3ccc(-n4c5ccccc5c5cc6c7ccccc7n(-c7ccccc7)c6cc54)cc3)[c]3c(n2)-c2cccc[c]2[Ge]3([c]2ccccc2)[c]2ccccc2)cc1. The van der Waals surface area contributed by atoms with E-state index in [-0.39, 0.29) is 0 Å². The average molecular weight is 864 g/mol. The van der Waals surface area contributed by atoms with Gasteiger partial charge >= 0.3 is 315 Å².